The average molecular weight is 655 g/mol. The molecule has 10 unspecified atom stereocenters. The van der Waals surface area contributed by atoms with Gasteiger partial charge in [-0.15, -0.1) is 0 Å². The Kier molecular flexibility index (Phi) is 7.86. The van der Waals surface area contributed by atoms with Crippen LogP contribution in [0.25, 0.3) is 0 Å². The lowest BCUT2D eigenvalue weighted by Crippen LogP contribution is -2.79. The SMILES string of the molecule is CC(=O)OC1CC2OCC2(OC(C)=O)C2C(OC(C)=O)C34CC(OC3(C)C)C(C)=C4C(OC(=O)c3ccccc3)C(OC(C)=O)C12C. The smallest absolute Gasteiger partial charge is 0.338 e. The van der Waals surface area contributed by atoms with Crippen molar-refractivity contribution in [3.63, 3.8) is 0 Å². The van der Waals surface area contributed by atoms with Gasteiger partial charge in [-0.1, -0.05) is 25.1 Å². The second kappa shape index (κ2) is 11.2. The minimum absolute atomic E-state index is 0.0534. The van der Waals surface area contributed by atoms with Crippen molar-refractivity contribution in [2.75, 3.05) is 6.61 Å². The molecule has 4 fully saturated rings. The van der Waals surface area contributed by atoms with E-state index in [-0.39, 0.29) is 18.6 Å². The van der Waals surface area contributed by atoms with Gasteiger partial charge in [0.25, 0.3) is 0 Å². The van der Waals surface area contributed by atoms with E-state index in [1.807, 2.05) is 20.8 Å². The molecule has 2 bridgehead atoms. The van der Waals surface area contributed by atoms with Crippen molar-refractivity contribution >= 4 is 29.8 Å². The minimum atomic E-state index is -1.48. The largest absolute Gasteiger partial charge is 0.462 e. The van der Waals surface area contributed by atoms with Crippen molar-refractivity contribution in [2.45, 2.75) is 116 Å². The molecule has 2 saturated heterocycles. The summed E-state index contributed by atoms with van der Waals surface area (Å²) in [4.78, 5) is 65.8. The van der Waals surface area contributed by atoms with Crippen molar-refractivity contribution in [1.82, 2.24) is 0 Å². The molecule has 1 aromatic carbocycles. The van der Waals surface area contributed by atoms with E-state index < -0.39 is 94.4 Å². The highest BCUT2D eigenvalue weighted by Gasteiger charge is 2.82. The first-order valence-corrected chi connectivity index (χ1v) is 16.0. The fourth-order valence-electron chi connectivity index (χ4n) is 9.53. The first-order chi connectivity index (χ1) is 22.0. The first kappa shape index (κ1) is 33.1. The van der Waals surface area contributed by atoms with E-state index in [1.54, 1.807) is 37.3 Å². The van der Waals surface area contributed by atoms with Crippen LogP contribution in [0.15, 0.2) is 41.5 Å². The van der Waals surface area contributed by atoms with Gasteiger partial charge in [0.15, 0.2) is 17.8 Å². The Morgan fingerprint density at radius 3 is 1.98 bits per heavy atom. The molecule has 10 atom stereocenters. The van der Waals surface area contributed by atoms with Gasteiger partial charge in [-0.2, -0.15) is 0 Å². The highest BCUT2D eigenvalue weighted by molar-refractivity contribution is 5.89. The van der Waals surface area contributed by atoms with Crippen LogP contribution in [0.2, 0.25) is 0 Å². The van der Waals surface area contributed by atoms with Crippen LogP contribution in [-0.4, -0.2) is 84.3 Å². The fraction of sp³-hybridized carbons (Fsp3) is 0.629. The number of carbonyl (C=O) groups excluding carboxylic acids is 5. The van der Waals surface area contributed by atoms with Crippen molar-refractivity contribution in [2.24, 2.45) is 16.7 Å². The lowest BCUT2D eigenvalue weighted by molar-refractivity contribution is -0.351. The quantitative estimate of drug-likeness (QED) is 0.250. The summed E-state index contributed by atoms with van der Waals surface area (Å²) in [5.74, 6) is -4.16. The maximum absolute atomic E-state index is 14.0. The zero-order valence-corrected chi connectivity index (χ0v) is 27.9. The molecule has 5 aliphatic rings. The Bertz CT molecular complexity index is 1550. The molecule has 0 aromatic heterocycles. The zero-order chi connectivity index (χ0) is 34.3. The van der Waals surface area contributed by atoms with Gasteiger partial charge in [0, 0.05) is 34.1 Å². The number of rotatable bonds is 6. The molecule has 1 spiro atoms. The molecule has 2 heterocycles. The molecule has 12 heteroatoms. The van der Waals surface area contributed by atoms with Crippen LogP contribution < -0.4 is 0 Å². The monoisotopic (exact) mass is 654 g/mol. The average Bonchev–Trinajstić information content (AvgIpc) is 3.39. The van der Waals surface area contributed by atoms with Gasteiger partial charge in [0.1, 0.15) is 18.3 Å². The predicted molar refractivity (Wildman–Crippen MR) is 161 cm³/mol. The molecule has 254 valence electrons. The van der Waals surface area contributed by atoms with E-state index in [0.29, 0.717) is 12.0 Å². The molecule has 2 saturated carbocycles. The second-order valence-electron chi connectivity index (χ2n) is 14.2. The van der Waals surface area contributed by atoms with Crippen LogP contribution in [0.1, 0.15) is 78.6 Å². The highest BCUT2D eigenvalue weighted by Crippen LogP contribution is 2.72. The summed E-state index contributed by atoms with van der Waals surface area (Å²) in [6.07, 6.45) is -5.43. The molecule has 0 amide bonds. The molecular formula is C35H42O12. The maximum atomic E-state index is 14.0. The number of hydrogen-bond acceptors (Lipinski definition) is 12. The molecule has 0 radical (unpaired) electrons. The topological polar surface area (TPSA) is 150 Å². The van der Waals surface area contributed by atoms with Crippen molar-refractivity contribution in [3.8, 4) is 0 Å². The summed E-state index contributed by atoms with van der Waals surface area (Å²) in [7, 11) is 0. The van der Waals surface area contributed by atoms with Gasteiger partial charge in [-0.05, 0) is 50.5 Å². The Morgan fingerprint density at radius 2 is 1.43 bits per heavy atom. The van der Waals surface area contributed by atoms with Crippen molar-refractivity contribution in [3.05, 3.63) is 47.0 Å². The molecule has 47 heavy (non-hydrogen) atoms. The Morgan fingerprint density at radius 1 is 0.809 bits per heavy atom. The summed E-state index contributed by atoms with van der Waals surface area (Å²) in [5.41, 5.74) is -3.44. The van der Waals surface area contributed by atoms with Gasteiger partial charge in [-0.3, -0.25) is 19.2 Å². The standard InChI is InChI=1S/C35H42O12/c1-17-23-15-34(32(6,7)47-23)26(17)27(45-31(40)22-12-10-9-11-13-22)29(43-19(3)37)33(8)24(42-18(2)36)14-25-35(16-41-25,46-21(5)39)28(33)30(34)44-20(4)38/h9-13,23-25,27-30H,14-16H2,1-8H3. The lowest BCUT2D eigenvalue weighted by Gasteiger charge is -2.65. The van der Waals surface area contributed by atoms with Crippen molar-refractivity contribution < 1.29 is 57.1 Å². The second-order valence-corrected chi connectivity index (χ2v) is 14.2. The third kappa shape index (κ3) is 4.73. The maximum Gasteiger partial charge on any atom is 0.338 e. The van der Waals surface area contributed by atoms with E-state index in [1.165, 1.54) is 27.7 Å². The van der Waals surface area contributed by atoms with Crippen LogP contribution in [-0.2, 0) is 52.3 Å². The number of esters is 5. The third-order valence-corrected chi connectivity index (χ3v) is 11.2. The summed E-state index contributed by atoms with van der Waals surface area (Å²) in [6, 6.07) is 8.42. The Labute approximate surface area is 273 Å². The third-order valence-electron chi connectivity index (χ3n) is 11.2. The normalized spacial score (nSPS) is 39.2. The lowest BCUT2D eigenvalue weighted by atomic mass is 9.49. The molecule has 6 rings (SSSR count). The van der Waals surface area contributed by atoms with E-state index in [9.17, 15) is 24.0 Å². The van der Waals surface area contributed by atoms with Crippen LogP contribution in [0.3, 0.4) is 0 Å². The predicted octanol–water partition coefficient (Wildman–Crippen LogP) is 3.63. The van der Waals surface area contributed by atoms with Crippen LogP contribution >= 0.6 is 0 Å². The summed E-state index contributed by atoms with van der Waals surface area (Å²) < 4.78 is 44.0. The number of hydrogen-bond donors (Lipinski definition) is 0. The van der Waals surface area contributed by atoms with Crippen LogP contribution in [0.4, 0.5) is 0 Å². The molecule has 12 nitrogen and oxygen atoms in total. The highest BCUT2D eigenvalue weighted by atomic mass is 16.6. The van der Waals surface area contributed by atoms with E-state index in [4.69, 9.17) is 33.2 Å². The summed E-state index contributed by atoms with van der Waals surface area (Å²) >= 11 is 0. The molecular weight excluding hydrogens is 612 g/mol. The Balaban J connectivity index is 1.70. The number of carbonyl (C=O) groups is 5. The van der Waals surface area contributed by atoms with Crippen LogP contribution in [0.5, 0.6) is 0 Å². The first-order valence-electron chi connectivity index (χ1n) is 16.0. The summed E-state index contributed by atoms with van der Waals surface area (Å²) in [6.45, 7) is 12.4. The van der Waals surface area contributed by atoms with Gasteiger partial charge in [0.05, 0.1) is 40.6 Å². The Hall–Kier alpha value is -3.77. The van der Waals surface area contributed by atoms with E-state index in [0.717, 1.165) is 5.57 Å². The molecule has 3 aliphatic carbocycles. The number of fused-ring (bicyclic) bond motifs is 4. The fourth-order valence-corrected chi connectivity index (χ4v) is 9.53. The van der Waals surface area contributed by atoms with Crippen molar-refractivity contribution in [1.29, 1.82) is 0 Å². The number of ether oxygens (including phenoxy) is 7. The van der Waals surface area contributed by atoms with E-state index >= 15 is 0 Å². The zero-order valence-electron chi connectivity index (χ0n) is 27.9. The molecule has 1 aromatic rings. The van der Waals surface area contributed by atoms with E-state index in [2.05, 4.69) is 0 Å². The van der Waals surface area contributed by atoms with Gasteiger partial charge in [-0.25, -0.2) is 4.79 Å². The minimum Gasteiger partial charge on any atom is -0.462 e. The van der Waals surface area contributed by atoms with Gasteiger partial charge in [0.2, 0.25) is 0 Å². The van der Waals surface area contributed by atoms with Crippen LogP contribution in [0, 0.1) is 16.7 Å². The van der Waals surface area contributed by atoms with Gasteiger partial charge >= 0.3 is 29.8 Å². The molecule has 0 N–H and O–H groups in total. The summed E-state index contributed by atoms with van der Waals surface area (Å²) in [5, 5.41) is 0. The molecule has 2 aliphatic heterocycles. The number of benzene rings is 1. The van der Waals surface area contributed by atoms with Gasteiger partial charge < -0.3 is 33.2 Å².